The van der Waals surface area contributed by atoms with Gasteiger partial charge < -0.3 is 15.7 Å². The fourth-order valence-electron chi connectivity index (χ4n) is 4.18. The number of nitrogens with one attached hydrogen (secondary N) is 3. The molecule has 0 spiro atoms. The summed E-state index contributed by atoms with van der Waals surface area (Å²) in [6.45, 7) is -0.191. The average Bonchev–Trinajstić information content (AvgIpc) is 3.46. The van der Waals surface area contributed by atoms with Crippen LogP contribution in [0.25, 0.3) is 10.9 Å². The Labute approximate surface area is 216 Å². The van der Waals surface area contributed by atoms with Gasteiger partial charge >= 0.3 is 0 Å². The van der Waals surface area contributed by atoms with Crippen LogP contribution < -0.4 is 10.6 Å². The minimum Gasteiger partial charge on any atom is -0.394 e. The first-order chi connectivity index (χ1) is 18.1. The molecular weight excluding hydrogens is 493 g/mol. The van der Waals surface area contributed by atoms with E-state index in [0.717, 1.165) is 11.1 Å². The Balaban J connectivity index is 1.59. The molecule has 0 unspecified atom stereocenters. The second-order valence-electron chi connectivity index (χ2n) is 8.33. The van der Waals surface area contributed by atoms with E-state index in [2.05, 4.69) is 37.1 Å². The molecular formula is C27H21ClFN7O. The number of aromatic nitrogens is 4. The van der Waals surface area contributed by atoms with Gasteiger partial charge in [-0.05, 0) is 35.4 Å². The maximum Gasteiger partial charge on any atom is 0.123 e. The molecule has 2 aromatic heterocycles. The van der Waals surface area contributed by atoms with Crippen LogP contribution >= 0.6 is 11.6 Å². The van der Waals surface area contributed by atoms with Crippen LogP contribution in [0.4, 0.5) is 15.8 Å². The number of fused-ring (bicyclic) bond motifs is 1. The Morgan fingerprint density at radius 3 is 2.49 bits per heavy atom. The van der Waals surface area contributed by atoms with Crippen molar-refractivity contribution in [3.63, 3.8) is 0 Å². The zero-order valence-electron chi connectivity index (χ0n) is 19.4. The summed E-state index contributed by atoms with van der Waals surface area (Å²) in [6, 6.07) is 20.3. The lowest BCUT2D eigenvalue weighted by atomic mass is 10.0. The molecule has 37 heavy (non-hydrogen) atoms. The fraction of sp³-hybridized carbons (Fsp3) is 0.111. The van der Waals surface area contributed by atoms with Crippen molar-refractivity contribution in [2.75, 3.05) is 17.2 Å². The largest absolute Gasteiger partial charge is 0.394 e. The Hall–Kier alpha value is -4.52. The number of pyridine rings is 1. The number of aliphatic hydroxyl groups is 1. The van der Waals surface area contributed by atoms with Gasteiger partial charge in [0.05, 0.1) is 46.7 Å². The van der Waals surface area contributed by atoms with Crippen molar-refractivity contribution >= 4 is 33.9 Å². The molecule has 0 bridgehead atoms. The van der Waals surface area contributed by atoms with Crippen molar-refractivity contribution in [2.45, 2.75) is 12.1 Å². The highest BCUT2D eigenvalue weighted by atomic mass is 35.5. The molecule has 10 heteroatoms. The fourth-order valence-corrected chi connectivity index (χ4v) is 4.44. The van der Waals surface area contributed by atoms with E-state index in [1.807, 2.05) is 36.4 Å². The smallest absolute Gasteiger partial charge is 0.123 e. The molecule has 0 aliphatic heterocycles. The monoisotopic (exact) mass is 513 g/mol. The number of H-pyrrole nitrogens is 1. The van der Waals surface area contributed by atoms with Gasteiger partial charge in [-0.25, -0.2) is 4.39 Å². The van der Waals surface area contributed by atoms with Gasteiger partial charge in [0.15, 0.2) is 0 Å². The van der Waals surface area contributed by atoms with E-state index in [1.165, 1.54) is 18.3 Å². The molecule has 0 aliphatic carbocycles. The number of nitrogens with zero attached hydrogens (tertiary/aromatic N) is 4. The first-order valence-electron chi connectivity index (χ1n) is 11.4. The molecule has 5 aromatic rings. The quantitative estimate of drug-likeness (QED) is 0.220. The third-order valence-corrected chi connectivity index (χ3v) is 6.28. The number of rotatable bonds is 8. The molecule has 0 saturated heterocycles. The van der Waals surface area contributed by atoms with E-state index in [9.17, 15) is 14.8 Å². The van der Waals surface area contributed by atoms with Gasteiger partial charge in [0.2, 0.25) is 0 Å². The van der Waals surface area contributed by atoms with Crippen LogP contribution in [0, 0.1) is 17.1 Å². The Bertz CT molecular complexity index is 1550. The Kier molecular flexibility index (Phi) is 6.94. The number of aliphatic hydroxyl groups excluding tert-OH is 1. The molecule has 2 atom stereocenters. The van der Waals surface area contributed by atoms with Crippen LogP contribution in [-0.2, 0) is 0 Å². The molecule has 3 aromatic carbocycles. The summed E-state index contributed by atoms with van der Waals surface area (Å²) in [5.41, 5.74) is 4.14. The standard InChI is InChI=1S/C27H21ClFN7O/c28-22-11-20(33-26(23-14-32-36-35-23)17-6-8-19(29)9-7-17)10-21-25(18(12-30)13-31-27(21)22)34-24(15-37)16-4-2-1-3-5-16/h1-11,13-14,24,26,33,37H,15H2,(H,31,34)(H,32,35,36)/t24-,26+/m1/s1. The average molecular weight is 514 g/mol. The number of halogens is 2. The molecule has 8 nitrogen and oxygen atoms in total. The molecule has 0 fully saturated rings. The predicted octanol–water partition coefficient (Wildman–Crippen LogP) is 5.36. The first kappa shape index (κ1) is 24.2. The Morgan fingerprint density at radius 2 is 1.81 bits per heavy atom. The van der Waals surface area contributed by atoms with E-state index >= 15 is 0 Å². The van der Waals surface area contributed by atoms with Crippen LogP contribution in [0.15, 0.2) is 79.1 Å². The summed E-state index contributed by atoms with van der Waals surface area (Å²) < 4.78 is 13.6. The normalized spacial score (nSPS) is 12.6. The van der Waals surface area contributed by atoms with Gasteiger partial charge in [-0.15, -0.1) is 0 Å². The maximum atomic E-state index is 13.6. The molecule has 0 amide bonds. The number of hydrogen-bond donors (Lipinski definition) is 4. The number of nitriles is 1. The van der Waals surface area contributed by atoms with Gasteiger partial charge in [-0.1, -0.05) is 54.1 Å². The third-order valence-electron chi connectivity index (χ3n) is 5.99. The highest BCUT2D eigenvalue weighted by Crippen LogP contribution is 2.36. The van der Waals surface area contributed by atoms with E-state index in [1.54, 1.807) is 24.4 Å². The van der Waals surface area contributed by atoms with E-state index < -0.39 is 12.1 Å². The van der Waals surface area contributed by atoms with Crippen molar-refractivity contribution < 1.29 is 9.50 Å². The van der Waals surface area contributed by atoms with Crippen LogP contribution in [-0.4, -0.2) is 32.1 Å². The second kappa shape index (κ2) is 10.6. The van der Waals surface area contributed by atoms with Crippen LogP contribution in [0.5, 0.6) is 0 Å². The molecule has 0 aliphatic rings. The second-order valence-corrected chi connectivity index (χ2v) is 8.73. The Morgan fingerprint density at radius 1 is 1.03 bits per heavy atom. The summed E-state index contributed by atoms with van der Waals surface area (Å²) in [5, 5.41) is 38.3. The lowest BCUT2D eigenvalue weighted by molar-refractivity contribution is 0.276. The summed E-state index contributed by atoms with van der Waals surface area (Å²) in [5.74, 6) is -0.348. The number of aromatic amines is 1. The van der Waals surface area contributed by atoms with E-state index in [-0.39, 0.29) is 12.4 Å². The summed E-state index contributed by atoms with van der Waals surface area (Å²) in [6.07, 6.45) is 3.04. The van der Waals surface area contributed by atoms with Gasteiger partial charge in [0, 0.05) is 17.3 Å². The molecule has 2 heterocycles. The molecule has 0 saturated carbocycles. The molecule has 0 radical (unpaired) electrons. The summed E-state index contributed by atoms with van der Waals surface area (Å²) in [7, 11) is 0. The minimum atomic E-state index is -0.467. The molecule has 5 rings (SSSR count). The van der Waals surface area contributed by atoms with Crippen LogP contribution in [0.3, 0.4) is 0 Å². The number of benzene rings is 3. The van der Waals surface area contributed by atoms with Gasteiger partial charge in [-0.2, -0.15) is 20.7 Å². The van der Waals surface area contributed by atoms with Crippen LogP contribution in [0.1, 0.15) is 34.5 Å². The van der Waals surface area contributed by atoms with E-state index in [4.69, 9.17) is 11.6 Å². The van der Waals surface area contributed by atoms with Crippen molar-refractivity contribution in [3.8, 4) is 6.07 Å². The highest BCUT2D eigenvalue weighted by molar-refractivity contribution is 6.35. The first-order valence-corrected chi connectivity index (χ1v) is 11.8. The van der Waals surface area contributed by atoms with Crippen molar-refractivity contribution in [3.05, 3.63) is 112 Å². The molecule has 184 valence electrons. The third kappa shape index (κ3) is 5.07. The van der Waals surface area contributed by atoms with Gasteiger partial charge in [0.1, 0.15) is 17.6 Å². The van der Waals surface area contributed by atoms with Gasteiger partial charge in [0.25, 0.3) is 0 Å². The zero-order chi connectivity index (χ0) is 25.8. The van der Waals surface area contributed by atoms with Crippen molar-refractivity contribution in [1.29, 1.82) is 5.26 Å². The lowest BCUT2D eigenvalue weighted by Crippen LogP contribution is -2.16. The lowest BCUT2D eigenvalue weighted by Gasteiger charge is -2.22. The zero-order valence-corrected chi connectivity index (χ0v) is 20.1. The van der Waals surface area contributed by atoms with Crippen LogP contribution in [0.2, 0.25) is 5.02 Å². The van der Waals surface area contributed by atoms with Gasteiger partial charge in [-0.3, -0.25) is 4.98 Å². The van der Waals surface area contributed by atoms with E-state index in [0.29, 0.717) is 38.6 Å². The number of anilines is 2. The van der Waals surface area contributed by atoms with Crippen molar-refractivity contribution in [1.82, 2.24) is 20.4 Å². The topological polar surface area (TPSA) is 123 Å². The summed E-state index contributed by atoms with van der Waals surface area (Å²) >= 11 is 6.65. The summed E-state index contributed by atoms with van der Waals surface area (Å²) in [4.78, 5) is 4.40. The predicted molar refractivity (Wildman–Crippen MR) is 140 cm³/mol. The SMILES string of the molecule is N#Cc1cnc2c(Cl)cc(N[C@@H](c3ccc(F)cc3)c3cn[nH]n3)cc2c1N[C@H](CO)c1ccccc1. The number of hydrogen-bond acceptors (Lipinski definition) is 7. The highest BCUT2D eigenvalue weighted by Gasteiger charge is 2.21. The maximum absolute atomic E-state index is 13.6. The van der Waals surface area contributed by atoms with Crippen molar-refractivity contribution in [2.24, 2.45) is 0 Å². The minimum absolute atomic E-state index is 0.191. The molecule has 4 N–H and O–H groups in total.